The molecule has 2 nitrogen and oxygen atoms in total. The molecule has 0 heterocycles. The molecule has 0 bridgehead atoms. The second-order valence-electron chi connectivity index (χ2n) is 9.07. The maximum Gasteiger partial charge on any atom is 0.115 e. The van der Waals surface area contributed by atoms with Crippen LogP contribution in [-0.2, 0) is 0 Å². The van der Waals surface area contributed by atoms with Crippen LogP contribution in [0.15, 0.2) is 66.7 Å². The number of phenols is 1. The van der Waals surface area contributed by atoms with E-state index in [0.29, 0.717) is 0 Å². The van der Waals surface area contributed by atoms with Crippen LogP contribution in [0.5, 0.6) is 5.75 Å². The number of fused-ring (bicyclic) bond motifs is 1. The first kappa shape index (κ1) is 20.9. The van der Waals surface area contributed by atoms with Gasteiger partial charge < -0.3 is 10.2 Å². The quantitative estimate of drug-likeness (QED) is 0.467. The van der Waals surface area contributed by atoms with Crippen molar-refractivity contribution in [3.05, 3.63) is 77.9 Å². The molecule has 158 valence electrons. The molecular weight excluding hydrogens is 368 g/mol. The number of aliphatic hydroxyl groups is 1. The molecule has 1 saturated carbocycles. The molecule has 0 spiro atoms. The fourth-order valence-electron chi connectivity index (χ4n) is 5.90. The maximum absolute atomic E-state index is 11.0. The standard InChI is InChI=1S/C28H34O2/c1-3-4-5-7-12-23-19-25-26(30)17-18-28(25,27(23)22-10-8-6-9-11-22)20(2)21-13-15-24(29)16-14-21/h6,8-11,13-16,25-26,29-30H,2-5,7,12,17-19H2,1H3. The van der Waals surface area contributed by atoms with Gasteiger partial charge in [0.05, 0.1) is 6.10 Å². The summed E-state index contributed by atoms with van der Waals surface area (Å²) in [5.41, 5.74) is 6.14. The molecule has 2 aromatic rings. The molecule has 30 heavy (non-hydrogen) atoms. The van der Waals surface area contributed by atoms with E-state index in [1.807, 2.05) is 12.1 Å². The van der Waals surface area contributed by atoms with E-state index >= 15 is 0 Å². The summed E-state index contributed by atoms with van der Waals surface area (Å²) in [6, 6.07) is 18.2. The number of aliphatic hydroxyl groups excluding tert-OH is 1. The maximum atomic E-state index is 11.0. The number of hydrogen-bond acceptors (Lipinski definition) is 2. The second-order valence-corrected chi connectivity index (χ2v) is 9.07. The summed E-state index contributed by atoms with van der Waals surface area (Å²) in [6.45, 7) is 6.85. The summed E-state index contributed by atoms with van der Waals surface area (Å²) in [5, 5.41) is 20.8. The molecule has 2 heteroatoms. The van der Waals surface area contributed by atoms with Gasteiger partial charge in [-0.1, -0.05) is 80.8 Å². The number of aromatic hydroxyl groups is 1. The molecule has 0 radical (unpaired) electrons. The predicted octanol–water partition coefficient (Wildman–Crippen LogP) is 6.99. The molecular formula is C28H34O2. The Morgan fingerprint density at radius 3 is 2.47 bits per heavy atom. The Bertz CT molecular complexity index is 909. The van der Waals surface area contributed by atoms with Crippen molar-refractivity contribution in [3.63, 3.8) is 0 Å². The molecule has 3 unspecified atom stereocenters. The van der Waals surface area contributed by atoms with E-state index in [1.54, 1.807) is 12.1 Å². The van der Waals surface area contributed by atoms with Crippen molar-refractivity contribution in [1.82, 2.24) is 0 Å². The van der Waals surface area contributed by atoms with Gasteiger partial charge in [-0.05, 0) is 66.5 Å². The number of phenolic OH excluding ortho intramolecular Hbond substituents is 1. The third-order valence-corrected chi connectivity index (χ3v) is 7.35. The number of unbranched alkanes of at least 4 members (excludes halogenated alkanes) is 3. The summed E-state index contributed by atoms with van der Waals surface area (Å²) < 4.78 is 0. The summed E-state index contributed by atoms with van der Waals surface area (Å²) in [6.07, 6.45) is 8.55. The van der Waals surface area contributed by atoms with Crippen LogP contribution in [0.1, 0.15) is 69.4 Å². The highest BCUT2D eigenvalue weighted by molar-refractivity contribution is 5.90. The molecule has 2 aliphatic rings. The van der Waals surface area contributed by atoms with Crippen molar-refractivity contribution in [2.24, 2.45) is 11.3 Å². The van der Waals surface area contributed by atoms with E-state index in [0.717, 1.165) is 36.8 Å². The third kappa shape index (κ3) is 3.63. The first-order chi connectivity index (χ1) is 14.6. The zero-order chi connectivity index (χ0) is 21.1. The summed E-state index contributed by atoms with van der Waals surface area (Å²) in [7, 11) is 0. The van der Waals surface area contributed by atoms with Gasteiger partial charge >= 0.3 is 0 Å². The third-order valence-electron chi connectivity index (χ3n) is 7.35. The molecule has 0 saturated heterocycles. The van der Waals surface area contributed by atoms with Gasteiger partial charge in [0.15, 0.2) is 0 Å². The van der Waals surface area contributed by atoms with Crippen LogP contribution in [0.3, 0.4) is 0 Å². The molecule has 2 aromatic carbocycles. The minimum absolute atomic E-state index is 0.190. The fraction of sp³-hybridized carbons (Fsp3) is 0.429. The Balaban J connectivity index is 1.80. The van der Waals surface area contributed by atoms with Crippen LogP contribution in [-0.4, -0.2) is 16.3 Å². The lowest BCUT2D eigenvalue weighted by molar-refractivity contribution is 0.120. The number of allylic oxidation sites excluding steroid dienone is 3. The second kappa shape index (κ2) is 8.81. The minimum atomic E-state index is -0.286. The lowest BCUT2D eigenvalue weighted by Crippen LogP contribution is -2.29. The highest BCUT2D eigenvalue weighted by Crippen LogP contribution is 2.66. The topological polar surface area (TPSA) is 40.5 Å². The van der Waals surface area contributed by atoms with Gasteiger partial charge in [0.2, 0.25) is 0 Å². The van der Waals surface area contributed by atoms with Crippen LogP contribution in [0.4, 0.5) is 0 Å². The van der Waals surface area contributed by atoms with Gasteiger partial charge in [-0.3, -0.25) is 0 Å². The first-order valence-corrected chi connectivity index (χ1v) is 11.5. The molecule has 3 atom stereocenters. The van der Waals surface area contributed by atoms with Gasteiger partial charge in [-0.2, -0.15) is 0 Å². The van der Waals surface area contributed by atoms with E-state index < -0.39 is 0 Å². The summed E-state index contributed by atoms with van der Waals surface area (Å²) >= 11 is 0. The van der Waals surface area contributed by atoms with Crippen molar-refractivity contribution in [2.45, 2.75) is 64.4 Å². The van der Waals surface area contributed by atoms with Gasteiger partial charge in [-0.15, -0.1) is 0 Å². The van der Waals surface area contributed by atoms with E-state index in [1.165, 1.54) is 42.4 Å². The number of hydrogen-bond donors (Lipinski definition) is 2. The average molecular weight is 403 g/mol. The Morgan fingerprint density at radius 1 is 1.03 bits per heavy atom. The van der Waals surface area contributed by atoms with Crippen LogP contribution >= 0.6 is 0 Å². The van der Waals surface area contributed by atoms with E-state index in [2.05, 4.69) is 43.8 Å². The summed E-state index contributed by atoms with van der Waals surface area (Å²) in [4.78, 5) is 0. The van der Waals surface area contributed by atoms with Gasteiger partial charge in [0.25, 0.3) is 0 Å². The summed E-state index contributed by atoms with van der Waals surface area (Å²) in [5.74, 6) is 0.462. The average Bonchev–Trinajstić information content (AvgIpc) is 3.27. The lowest BCUT2D eigenvalue weighted by Gasteiger charge is -2.37. The molecule has 4 rings (SSSR count). The smallest absolute Gasteiger partial charge is 0.115 e. The predicted molar refractivity (Wildman–Crippen MR) is 125 cm³/mol. The zero-order valence-electron chi connectivity index (χ0n) is 18.1. The zero-order valence-corrected chi connectivity index (χ0v) is 18.1. The van der Waals surface area contributed by atoms with E-state index in [4.69, 9.17) is 0 Å². The van der Waals surface area contributed by atoms with Crippen molar-refractivity contribution in [3.8, 4) is 5.75 Å². The molecule has 2 aliphatic carbocycles. The van der Waals surface area contributed by atoms with Crippen molar-refractivity contribution >= 4 is 11.1 Å². The normalized spacial score (nSPS) is 25.5. The number of rotatable bonds is 8. The van der Waals surface area contributed by atoms with E-state index in [9.17, 15) is 10.2 Å². The first-order valence-electron chi connectivity index (χ1n) is 11.5. The van der Waals surface area contributed by atoms with E-state index in [-0.39, 0.29) is 23.2 Å². The lowest BCUT2D eigenvalue weighted by atomic mass is 9.66. The van der Waals surface area contributed by atoms with Crippen molar-refractivity contribution in [2.75, 3.05) is 0 Å². The SMILES string of the molecule is C=C(c1ccc(O)cc1)C12CCC(O)C1CC(CCCCCC)=C2c1ccccc1. The van der Waals surface area contributed by atoms with Crippen LogP contribution in [0.2, 0.25) is 0 Å². The minimum Gasteiger partial charge on any atom is -0.508 e. The van der Waals surface area contributed by atoms with Crippen molar-refractivity contribution < 1.29 is 10.2 Å². The Morgan fingerprint density at radius 2 is 1.77 bits per heavy atom. The molecule has 0 amide bonds. The van der Waals surface area contributed by atoms with Gasteiger partial charge in [0.1, 0.15) is 5.75 Å². The Hall–Kier alpha value is -2.32. The van der Waals surface area contributed by atoms with Gasteiger partial charge in [-0.25, -0.2) is 0 Å². The molecule has 0 aromatic heterocycles. The fourth-order valence-corrected chi connectivity index (χ4v) is 5.90. The van der Waals surface area contributed by atoms with Crippen LogP contribution in [0.25, 0.3) is 11.1 Å². The van der Waals surface area contributed by atoms with Gasteiger partial charge in [0, 0.05) is 11.3 Å². The molecule has 2 N–H and O–H groups in total. The Kier molecular flexibility index (Phi) is 6.15. The van der Waals surface area contributed by atoms with Crippen molar-refractivity contribution in [1.29, 1.82) is 0 Å². The largest absolute Gasteiger partial charge is 0.508 e. The highest BCUT2D eigenvalue weighted by atomic mass is 16.3. The molecule has 0 aliphatic heterocycles. The number of benzene rings is 2. The Labute approximate surface area is 181 Å². The molecule has 1 fully saturated rings. The highest BCUT2D eigenvalue weighted by Gasteiger charge is 2.56. The van der Waals surface area contributed by atoms with Crippen LogP contribution in [0, 0.1) is 11.3 Å². The van der Waals surface area contributed by atoms with Crippen LogP contribution < -0.4 is 0 Å². The monoisotopic (exact) mass is 402 g/mol.